The van der Waals surface area contributed by atoms with Crippen LogP contribution >= 0.6 is 11.8 Å². The Labute approximate surface area is 88.7 Å². The molecule has 1 aromatic carbocycles. The molecule has 0 spiro atoms. The SMILES string of the molecule is CCOc1cc(C)c(SC)cc1C=O. The number of aldehydes is 1. The van der Waals surface area contributed by atoms with Gasteiger partial charge in [0.05, 0.1) is 12.2 Å². The highest BCUT2D eigenvalue weighted by molar-refractivity contribution is 7.98. The van der Waals surface area contributed by atoms with Crippen LogP contribution in [0.5, 0.6) is 5.75 Å². The lowest BCUT2D eigenvalue weighted by Crippen LogP contribution is -1.97. The van der Waals surface area contributed by atoms with Crippen LogP contribution in [-0.2, 0) is 0 Å². The topological polar surface area (TPSA) is 26.3 Å². The summed E-state index contributed by atoms with van der Waals surface area (Å²) in [6.07, 6.45) is 2.83. The fourth-order valence-electron chi connectivity index (χ4n) is 1.27. The molecule has 3 heteroatoms. The molecule has 1 rings (SSSR count). The molecule has 2 nitrogen and oxygen atoms in total. The minimum absolute atomic E-state index is 0.582. The fraction of sp³-hybridized carbons (Fsp3) is 0.364. The van der Waals surface area contributed by atoms with E-state index in [4.69, 9.17) is 4.74 Å². The largest absolute Gasteiger partial charge is 0.493 e. The number of ether oxygens (including phenoxy) is 1. The van der Waals surface area contributed by atoms with Gasteiger partial charge in [-0.05, 0) is 37.8 Å². The van der Waals surface area contributed by atoms with E-state index in [1.165, 1.54) is 0 Å². The summed E-state index contributed by atoms with van der Waals surface area (Å²) in [4.78, 5) is 11.9. The molecule has 0 N–H and O–H groups in total. The molecular formula is C11H14O2S. The molecule has 0 unspecified atom stereocenters. The van der Waals surface area contributed by atoms with Crippen molar-refractivity contribution in [3.8, 4) is 5.75 Å². The molecule has 0 aliphatic rings. The smallest absolute Gasteiger partial charge is 0.153 e. The average Bonchev–Trinajstić information content (AvgIpc) is 2.19. The molecule has 0 amide bonds. The van der Waals surface area contributed by atoms with Crippen molar-refractivity contribution in [1.82, 2.24) is 0 Å². The third kappa shape index (κ3) is 2.29. The maximum absolute atomic E-state index is 10.8. The molecule has 1 aromatic rings. The number of thioether (sulfide) groups is 1. The van der Waals surface area contributed by atoms with Crippen LogP contribution in [0.1, 0.15) is 22.8 Å². The number of benzene rings is 1. The molecule has 0 fully saturated rings. The van der Waals surface area contributed by atoms with Crippen LogP contribution in [0.3, 0.4) is 0 Å². The quantitative estimate of drug-likeness (QED) is 0.564. The number of aryl methyl sites for hydroxylation is 1. The first-order valence-electron chi connectivity index (χ1n) is 4.49. The summed E-state index contributed by atoms with van der Waals surface area (Å²) >= 11 is 1.64. The number of carbonyl (C=O) groups is 1. The van der Waals surface area contributed by atoms with E-state index in [9.17, 15) is 4.79 Å². The normalized spacial score (nSPS) is 9.93. The molecule has 0 aliphatic carbocycles. The van der Waals surface area contributed by atoms with Crippen molar-refractivity contribution in [3.63, 3.8) is 0 Å². The van der Waals surface area contributed by atoms with E-state index in [1.807, 2.05) is 32.2 Å². The summed E-state index contributed by atoms with van der Waals surface area (Å²) in [7, 11) is 0. The van der Waals surface area contributed by atoms with E-state index < -0.39 is 0 Å². The van der Waals surface area contributed by atoms with Gasteiger partial charge in [0.2, 0.25) is 0 Å². The second-order valence-electron chi connectivity index (χ2n) is 2.91. The molecule has 0 radical (unpaired) electrons. The van der Waals surface area contributed by atoms with E-state index in [0.29, 0.717) is 17.9 Å². The fourth-order valence-corrected chi connectivity index (χ4v) is 1.90. The summed E-state index contributed by atoms with van der Waals surface area (Å²) in [5.74, 6) is 0.679. The number of rotatable bonds is 4. The Morgan fingerprint density at radius 3 is 2.71 bits per heavy atom. The van der Waals surface area contributed by atoms with Gasteiger partial charge in [-0.1, -0.05) is 0 Å². The summed E-state index contributed by atoms with van der Waals surface area (Å²) in [6, 6.07) is 3.79. The van der Waals surface area contributed by atoms with Gasteiger partial charge in [-0.2, -0.15) is 0 Å². The second kappa shape index (κ2) is 5.05. The van der Waals surface area contributed by atoms with E-state index in [1.54, 1.807) is 11.8 Å². The third-order valence-corrected chi connectivity index (χ3v) is 2.83. The number of carbonyl (C=O) groups excluding carboxylic acids is 1. The van der Waals surface area contributed by atoms with Crippen LogP contribution in [0.2, 0.25) is 0 Å². The molecule has 76 valence electrons. The first-order chi connectivity index (χ1) is 6.72. The maximum Gasteiger partial charge on any atom is 0.153 e. The van der Waals surface area contributed by atoms with Crippen molar-refractivity contribution in [3.05, 3.63) is 23.3 Å². The summed E-state index contributed by atoms with van der Waals surface area (Å²) in [5, 5.41) is 0. The van der Waals surface area contributed by atoms with Gasteiger partial charge in [-0.3, -0.25) is 4.79 Å². The van der Waals surface area contributed by atoms with Crippen LogP contribution in [0, 0.1) is 6.92 Å². The van der Waals surface area contributed by atoms with Gasteiger partial charge in [0, 0.05) is 4.90 Å². The molecule has 0 aliphatic heterocycles. The molecule has 0 atom stereocenters. The lowest BCUT2D eigenvalue weighted by Gasteiger charge is -2.09. The zero-order valence-corrected chi connectivity index (χ0v) is 9.48. The average molecular weight is 210 g/mol. The van der Waals surface area contributed by atoms with Crippen molar-refractivity contribution < 1.29 is 9.53 Å². The van der Waals surface area contributed by atoms with Crippen molar-refractivity contribution in [2.45, 2.75) is 18.7 Å². The Kier molecular flexibility index (Phi) is 4.01. The van der Waals surface area contributed by atoms with Gasteiger partial charge < -0.3 is 4.74 Å². The summed E-state index contributed by atoms with van der Waals surface area (Å²) in [5.41, 5.74) is 1.77. The lowest BCUT2D eigenvalue weighted by atomic mass is 10.1. The minimum Gasteiger partial charge on any atom is -0.493 e. The second-order valence-corrected chi connectivity index (χ2v) is 3.76. The summed E-state index contributed by atoms with van der Waals surface area (Å²) < 4.78 is 5.37. The highest BCUT2D eigenvalue weighted by atomic mass is 32.2. The molecule has 0 heterocycles. The Hall–Kier alpha value is -0.960. The van der Waals surface area contributed by atoms with Crippen LogP contribution in [0.15, 0.2) is 17.0 Å². The van der Waals surface area contributed by atoms with Crippen molar-refractivity contribution >= 4 is 18.0 Å². The van der Waals surface area contributed by atoms with Gasteiger partial charge in [-0.25, -0.2) is 0 Å². The van der Waals surface area contributed by atoms with E-state index >= 15 is 0 Å². The monoisotopic (exact) mass is 210 g/mol. The van der Waals surface area contributed by atoms with Gasteiger partial charge in [0.25, 0.3) is 0 Å². The zero-order chi connectivity index (χ0) is 10.6. The van der Waals surface area contributed by atoms with Crippen molar-refractivity contribution in [2.75, 3.05) is 12.9 Å². The first-order valence-corrected chi connectivity index (χ1v) is 5.72. The van der Waals surface area contributed by atoms with Gasteiger partial charge in [-0.15, -0.1) is 11.8 Å². The van der Waals surface area contributed by atoms with Crippen LogP contribution in [0.4, 0.5) is 0 Å². The molecule has 14 heavy (non-hydrogen) atoms. The van der Waals surface area contributed by atoms with E-state index in [2.05, 4.69) is 0 Å². The van der Waals surface area contributed by atoms with Crippen molar-refractivity contribution in [1.29, 1.82) is 0 Å². The zero-order valence-electron chi connectivity index (χ0n) is 8.66. The Bertz CT molecular complexity index is 334. The van der Waals surface area contributed by atoms with Crippen molar-refractivity contribution in [2.24, 2.45) is 0 Å². The highest BCUT2D eigenvalue weighted by Crippen LogP contribution is 2.27. The predicted octanol–water partition coefficient (Wildman–Crippen LogP) is 2.93. The Morgan fingerprint density at radius 2 is 2.21 bits per heavy atom. The standard InChI is InChI=1S/C11H14O2S/c1-4-13-10-5-8(2)11(14-3)6-9(10)7-12/h5-7H,4H2,1-3H3. The molecule has 0 aromatic heterocycles. The van der Waals surface area contributed by atoms with E-state index in [-0.39, 0.29) is 0 Å². The number of hydrogen-bond donors (Lipinski definition) is 0. The van der Waals surface area contributed by atoms with E-state index in [0.717, 1.165) is 16.7 Å². The van der Waals surface area contributed by atoms with Gasteiger partial charge in [0.15, 0.2) is 6.29 Å². The van der Waals surface area contributed by atoms with Gasteiger partial charge >= 0.3 is 0 Å². The molecular weight excluding hydrogens is 196 g/mol. The van der Waals surface area contributed by atoms with Gasteiger partial charge in [0.1, 0.15) is 5.75 Å². The Balaban J connectivity index is 3.16. The third-order valence-electron chi connectivity index (χ3n) is 1.95. The van der Waals surface area contributed by atoms with Crippen LogP contribution in [-0.4, -0.2) is 19.1 Å². The molecule has 0 saturated carbocycles. The number of hydrogen-bond acceptors (Lipinski definition) is 3. The predicted molar refractivity (Wildman–Crippen MR) is 59.5 cm³/mol. The maximum atomic E-state index is 10.8. The van der Waals surface area contributed by atoms with Crippen LogP contribution < -0.4 is 4.74 Å². The first kappa shape index (κ1) is 11.1. The summed E-state index contributed by atoms with van der Waals surface area (Å²) in [6.45, 7) is 4.51. The lowest BCUT2D eigenvalue weighted by molar-refractivity contribution is 0.111. The Morgan fingerprint density at radius 1 is 1.50 bits per heavy atom. The molecule has 0 saturated heterocycles. The highest BCUT2D eigenvalue weighted by Gasteiger charge is 2.06. The van der Waals surface area contributed by atoms with Crippen LogP contribution in [0.25, 0.3) is 0 Å². The minimum atomic E-state index is 0.582. The molecule has 0 bridgehead atoms.